The van der Waals surface area contributed by atoms with Crippen LogP contribution in [0.1, 0.15) is 34.1 Å². The lowest BCUT2D eigenvalue weighted by Crippen LogP contribution is -2.69. The minimum absolute atomic E-state index is 0.124. The largest absolute Gasteiger partial charge is 0.308 e. The first-order valence-electron chi connectivity index (χ1n) is 5.59. The molecule has 0 aliphatic carbocycles. The van der Waals surface area contributed by atoms with Crippen molar-refractivity contribution in [1.29, 1.82) is 0 Å². The number of hydrogen-bond acceptors (Lipinski definition) is 7. The molecule has 10 nitrogen and oxygen atoms in total. The van der Waals surface area contributed by atoms with E-state index in [2.05, 4.69) is 9.68 Å². The number of piperidine rings is 1. The van der Waals surface area contributed by atoms with Crippen LogP contribution < -0.4 is 0 Å². The zero-order valence-corrected chi connectivity index (χ0v) is 11.1. The molecule has 1 rings (SSSR count). The number of nitrogens with zero attached hydrogens (tertiary/aromatic N) is 3. The second-order valence-corrected chi connectivity index (χ2v) is 5.47. The van der Waals surface area contributed by atoms with E-state index >= 15 is 0 Å². The molecule has 19 heavy (non-hydrogen) atoms. The van der Waals surface area contributed by atoms with Gasteiger partial charge in [-0.15, -0.1) is 30.5 Å². The van der Waals surface area contributed by atoms with Crippen molar-refractivity contribution in [1.82, 2.24) is 5.06 Å². The van der Waals surface area contributed by atoms with Crippen molar-refractivity contribution in [2.75, 3.05) is 0 Å². The third-order valence-electron chi connectivity index (χ3n) is 3.48. The third-order valence-corrected chi connectivity index (χ3v) is 3.48. The van der Waals surface area contributed by atoms with Crippen molar-refractivity contribution < 1.29 is 25.1 Å². The normalized spacial score (nSPS) is 29.5. The van der Waals surface area contributed by atoms with Gasteiger partial charge in [0.25, 0.3) is 10.2 Å². The van der Waals surface area contributed by atoms with E-state index in [0.717, 1.165) is 0 Å². The van der Waals surface area contributed by atoms with Crippen LogP contribution in [-0.2, 0) is 14.9 Å². The van der Waals surface area contributed by atoms with Crippen LogP contribution in [0.2, 0.25) is 0 Å². The predicted octanol–water partition coefficient (Wildman–Crippen LogP) is 0.749. The van der Waals surface area contributed by atoms with E-state index in [9.17, 15) is 25.4 Å². The first-order valence-corrected chi connectivity index (χ1v) is 5.59. The smallest absolute Gasteiger partial charge is 0.294 e. The molecule has 2 atom stereocenters. The molecule has 109 valence electrons. The van der Waals surface area contributed by atoms with Crippen LogP contribution in [-0.4, -0.2) is 38.5 Å². The SMILES string of the molecule is CC1(C)C(O[N+](=O)[O-])CC(O[N+](=O)[O-])C(C)(C)N1[O]. The summed E-state index contributed by atoms with van der Waals surface area (Å²) < 4.78 is 0. The van der Waals surface area contributed by atoms with Crippen LogP contribution in [0.3, 0.4) is 0 Å². The summed E-state index contributed by atoms with van der Waals surface area (Å²) in [6.45, 7) is 5.94. The minimum Gasteiger partial charge on any atom is -0.308 e. The molecule has 0 amide bonds. The van der Waals surface area contributed by atoms with E-state index in [0.29, 0.717) is 5.06 Å². The summed E-state index contributed by atoms with van der Waals surface area (Å²) in [5, 5.41) is 31.7. The summed E-state index contributed by atoms with van der Waals surface area (Å²) in [5.41, 5.74) is -2.40. The fraction of sp³-hybridized carbons (Fsp3) is 1.00. The fourth-order valence-electron chi connectivity index (χ4n) is 2.33. The van der Waals surface area contributed by atoms with Gasteiger partial charge in [0, 0.05) is 6.42 Å². The molecule has 1 aliphatic rings. The standard InChI is InChI=1S/C9H16N3O7/c1-8(2)6(18-11(14)15)5-7(19-12(16)17)9(3,4)10(8)13/h6-7H,5H2,1-4H3. The average Bonchev–Trinajstić information content (AvgIpc) is 2.22. The molecule has 0 saturated carbocycles. The highest BCUT2D eigenvalue weighted by Crippen LogP contribution is 2.40. The first kappa shape index (κ1) is 15.4. The van der Waals surface area contributed by atoms with E-state index in [1.807, 2.05) is 0 Å². The number of hydrogen-bond donors (Lipinski definition) is 0. The highest BCUT2D eigenvalue weighted by atomic mass is 17.0. The Labute approximate surface area is 109 Å². The van der Waals surface area contributed by atoms with Crippen molar-refractivity contribution in [3.05, 3.63) is 20.2 Å². The average molecular weight is 278 g/mol. The predicted molar refractivity (Wildman–Crippen MR) is 59.0 cm³/mol. The maximum Gasteiger partial charge on any atom is 0.294 e. The van der Waals surface area contributed by atoms with Crippen molar-refractivity contribution in [2.24, 2.45) is 0 Å². The van der Waals surface area contributed by atoms with Gasteiger partial charge >= 0.3 is 0 Å². The van der Waals surface area contributed by atoms with Crippen molar-refractivity contribution >= 4 is 0 Å². The highest BCUT2D eigenvalue weighted by molar-refractivity contribution is 5.03. The van der Waals surface area contributed by atoms with Gasteiger partial charge in [-0.3, -0.25) is 0 Å². The maximum atomic E-state index is 12.3. The summed E-state index contributed by atoms with van der Waals surface area (Å²) in [6.07, 6.45) is -2.35. The van der Waals surface area contributed by atoms with Crippen LogP contribution in [0.5, 0.6) is 0 Å². The van der Waals surface area contributed by atoms with Gasteiger partial charge in [0.05, 0.1) is 11.1 Å². The Bertz CT molecular complexity index is 350. The van der Waals surface area contributed by atoms with Gasteiger partial charge in [0.1, 0.15) is 12.2 Å². The lowest BCUT2D eigenvalue weighted by Gasteiger charge is -2.52. The van der Waals surface area contributed by atoms with Gasteiger partial charge in [0.2, 0.25) is 0 Å². The first-order chi connectivity index (χ1) is 8.49. The van der Waals surface area contributed by atoms with Gasteiger partial charge in [-0.2, -0.15) is 0 Å². The van der Waals surface area contributed by atoms with Crippen molar-refractivity contribution in [3.63, 3.8) is 0 Å². The molecule has 2 unspecified atom stereocenters. The molecule has 0 bridgehead atoms. The molecule has 10 heteroatoms. The van der Waals surface area contributed by atoms with Gasteiger partial charge in [0.15, 0.2) is 0 Å². The molecular formula is C9H16N3O7. The summed E-state index contributed by atoms with van der Waals surface area (Å²) in [4.78, 5) is 29.8. The Hall–Kier alpha value is -1.68. The third kappa shape index (κ3) is 2.84. The zero-order valence-electron chi connectivity index (χ0n) is 11.1. The van der Waals surface area contributed by atoms with E-state index in [-0.39, 0.29) is 6.42 Å². The Morgan fingerprint density at radius 1 is 1.00 bits per heavy atom. The van der Waals surface area contributed by atoms with Crippen molar-refractivity contribution in [3.8, 4) is 0 Å². The molecule has 1 heterocycles. The van der Waals surface area contributed by atoms with Crippen LogP contribution in [0.25, 0.3) is 0 Å². The fourth-order valence-corrected chi connectivity index (χ4v) is 2.33. The molecule has 0 aromatic rings. The molecule has 1 aliphatic heterocycles. The zero-order chi connectivity index (χ0) is 15.0. The lowest BCUT2D eigenvalue weighted by atomic mass is 9.78. The van der Waals surface area contributed by atoms with Gasteiger partial charge < -0.3 is 9.68 Å². The van der Waals surface area contributed by atoms with Gasteiger partial charge in [-0.25, -0.2) is 0 Å². The van der Waals surface area contributed by atoms with Crippen LogP contribution >= 0.6 is 0 Å². The van der Waals surface area contributed by atoms with Crippen LogP contribution in [0.4, 0.5) is 0 Å². The van der Waals surface area contributed by atoms with E-state index in [1.54, 1.807) is 0 Å². The summed E-state index contributed by atoms with van der Waals surface area (Å²) in [5.74, 6) is 0. The van der Waals surface area contributed by atoms with E-state index < -0.39 is 33.5 Å². The van der Waals surface area contributed by atoms with Crippen molar-refractivity contribution in [2.45, 2.75) is 57.4 Å². The van der Waals surface area contributed by atoms with Crippen LogP contribution in [0.15, 0.2) is 0 Å². The Balaban J connectivity index is 3.04. The number of rotatable bonds is 4. The Morgan fingerprint density at radius 3 is 1.58 bits per heavy atom. The second kappa shape index (κ2) is 4.78. The summed E-state index contributed by atoms with van der Waals surface area (Å²) in [7, 11) is 0. The van der Waals surface area contributed by atoms with Gasteiger partial charge in [-0.1, -0.05) is 0 Å². The molecule has 0 aromatic carbocycles. The Morgan fingerprint density at radius 2 is 1.32 bits per heavy atom. The summed E-state index contributed by atoms with van der Waals surface area (Å²) in [6, 6.07) is 0. The van der Waals surface area contributed by atoms with E-state index in [1.165, 1.54) is 27.7 Å². The maximum absolute atomic E-state index is 12.3. The quantitative estimate of drug-likeness (QED) is 0.548. The molecule has 1 saturated heterocycles. The molecule has 0 spiro atoms. The molecular weight excluding hydrogens is 262 g/mol. The number of hydroxylamine groups is 2. The summed E-state index contributed by atoms with van der Waals surface area (Å²) >= 11 is 0. The highest BCUT2D eigenvalue weighted by Gasteiger charge is 2.56. The molecule has 1 fully saturated rings. The van der Waals surface area contributed by atoms with Gasteiger partial charge in [-0.05, 0) is 27.7 Å². The Kier molecular flexibility index (Phi) is 3.87. The van der Waals surface area contributed by atoms with Crippen LogP contribution in [0, 0.1) is 20.2 Å². The lowest BCUT2D eigenvalue weighted by molar-refractivity contribution is -0.788. The molecule has 0 N–H and O–H groups in total. The minimum atomic E-state index is -1.20. The monoisotopic (exact) mass is 278 g/mol. The molecule has 0 aromatic heterocycles. The van der Waals surface area contributed by atoms with E-state index in [4.69, 9.17) is 0 Å². The second-order valence-electron chi connectivity index (χ2n) is 5.47. The topological polar surface area (TPSA) is 128 Å². The molecule has 1 radical (unpaired) electrons.